The molecular formula is C13H18N4S. The Morgan fingerprint density at radius 3 is 3.06 bits per heavy atom. The second kappa shape index (κ2) is 6.44. The van der Waals surface area contributed by atoms with Gasteiger partial charge >= 0.3 is 0 Å². The zero-order valence-corrected chi connectivity index (χ0v) is 11.4. The highest BCUT2D eigenvalue weighted by Crippen LogP contribution is 2.20. The van der Waals surface area contributed by atoms with Crippen molar-refractivity contribution in [3.63, 3.8) is 0 Å². The summed E-state index contributed by atoms with van der Waals surface area (Å²) in [7, 11) is 0. The molecule has 0 atom stereocenters. The van der Waals surface area contributed by atoms with Gasteiger partial charge in [-0.15, -0.1) is 0 Å². The van der Waals surface area contributed by atoms with Crippen LogP contribution in [0.2, 0.25) is 0 Å². The van der Waals surface area contributed by atoms with Gasteiger partial charge in [-0.05, 0) is 37.0 Å². The predicted molar refractivity (Wildman–Crippen MR) is 77.5 cm³/mol. The minimum absolute atomic E-state index is 0.544. The van der Waals surface area contributed by atoms with Crippen molar-refractivity contribution in [3.8, 4) is 11.3 Å². The fourth-order valence-corrected chi connectivity index (χ4v) is 2.37. The SMILES string of the molecule is CSCCCCn1cncc1-c1ccnc(N)c1. The third-order valence-corrected chi connectivity index (χ3v) is 3.48. The summed E-state index contributed by atoms with van der Waals surface area (Å²) in [6, 6.07) is 3.85. The maximum absolute atomic E-state index is 5.71. The number of anilines is 1. The van der Waals surface area contributed by atoms with E-state index in [2.05, 4.69) is 20.8 Å². The third-order valence-electron chi connectivity index (χ3n) is 2.79. The number of hydrogen-bond donors (Lipinski definition) is 1. The van der Waals surface area contributed by atoms with Crippen molar-refractivity contribution in [2.45, 2.75) is 19.4 Å². The molecule has 0 aliphatic carbocycles. The topological polar surface area (TPSA) is 56.7 Å². The van der Waals surface area contributed by atoms with Crippen LogP contribution < -0.4 is 5.73 Å². The van der Waals surface area contributed by atoms with Gasteiger partial charge in [-0.1, -0.05) is 0 Å². The summed E-state index contributed by atoms with van der Waals surface area (Å²) in [5.74, 6) is 1.76. The molecule has 2 heterocycles. The molecular weight excluding hydrogens is 244 g/mol. The number of aromatic nitrogens is 3. The molecule has 96 valence electrons. The van der Waals surface area contributed by atoms with Crippen LogP contribution in [0.25, 0.3) is 11.3 Å². The molecule has 18 heavy (non-hydrogen) atoms. The van der Waals surface area contributed by atoms with Gasteiger partial charge in [-0.25, -0.2) is 9.97 Å². The van der Waals surface area contributed by atoms with E-state index in [1.807, 2.05) is 36.4 Å². The number of unbranched alkanes of at least 4 members (excludes halogenated alkanes) is 1. The fourth-order valence-electron chi connectivity index (χ4n) is 1.88. The molecule has 0 fully saturated rings. The summed E-state index contributed by atoms with van der Waals surface area (Å²) in [4.78, 5) is 8.23. The molecule has 0 aromatic carbocycles. The predicted octanol–water partition coefficient (Wildman–Crippen LogP) is 2.67. The average Bonchev–Trinajstić information content (AvgIpc) is 2.83. The quantitative estimate of drug-likeness (QED) is 0.813. The van der Waals surface area contributed by atoms with E-state index in [4.69, 9.17) is 5.73 Å². The fraction of sp³-hybridized carbons (Fsp3) is 0.385. The number of nitrogen functional groups attached to an aromatic ring is 1. The largest absolute Gasteiger partial charge is 0.384 e. The van der Waals surface area contributed by atoms with Crippen molar-refractivity contribution in [1.29, 1.82) is 0 Å². The summed E-state index contributed by atoms with van der Waals surface area (Å²) in [5.41, 5.74) is 7.89. The lowest BCUT2D eigenvalue weighted by Crippen LogP contribution is -2.00. The molecule has 0 saturated heterocycles. The summed E-state index contributed by atoms with van der Waals surface area (Å²) in [6.07, 6.45) is 10.0. The number of nitrogens with zero attached hydrogens (tertiary/aromatic N) is 3. The minimum Gasteiger partial charge on any atom is -0.384 e. The lowest BCUT2D eigenvalue weighted by Gasteiger charge is -2.08. The normalized spacial score (nSPS) is 10.7. The van der Waals surface area contributed by atoms with E-state index in [1.54, 1.807) is 6.20 Å². The van der Waals surface area contributed by atoms with E-state index in [-0.39, 0.29) is 0 Å². The minimum atomic E-state index is 0.544. The molecule has 0 aliphatic heterocycles. The third kappa shape index (κ3) is 3.26. The van der Waals surface area contributed by atoms with Crippen molar-refractivity contribution in [1.82, 2.24) is 14.5 Å². The first kappa shape index (κ1) is 13.0. The van der Waals surface area contributed by atoms with Crippen LogP contribution in [0.5, 0.6) is 0 Å². The first-order valence-corrected chi connectivity index (χ1v) is 7.41. The number of pyridine rings is 1. The highest BCUT2D eigenvalue weighted by atomic mass is 32.2. The van der Waals surface area contributed by atoms with Crippen molar-refractivity contribution in [3.05, 3.63) is 30.9 Å². The van der Waals surface area contributed by atoms with Gasteiger partial charge in [-0.3, -0.25) is 0 Å². The Morgan fingerprint density at radius 1 is 1.39 bits per heavy atom. The van der Waals surface area contributed by atoms with Gasteiger partial charge in [0.2, 0.25) is 0 Å². The molecule has 5 heteroatoms. The van der Waals surface area contributed by atoms with Crippen LogP contribution in [-0.2, 0) is 6.54 Å². The van der Waals surface area contributed by atoms with Crippen LogP contribution >= 0.6 is 11.8 Å². The maximum atomic E-state index is 5.71. The highest BCUT2D eigenvalue weighted by molar-refractivity contribution is 7.98. The summed E-state index contributed by atoms with van der Waals surface area (Å²) >= 11 is 1.89. The molecule has 2 N–H and O–H groups in total. The smallest absolute Gasteiger partial charge is 0.123 e. The van der Waals surface area contributed by atoms with E-state index < -0.39 is 0 Å². The van der Waals surface area contributed by atoms with E-state index in [9.17, 15) is 0 Å². The molecule has 0 aliphatic rings. The van der Waals surface area contributed by atoms with Crippen LogP contribution in [-0.4, -0.2) is 26.5 Å². The average molecular weight is 262 g/mol. The molecule has 0 radical (unpaired) electrons. The van der Waals surface area contributed by atoms with E-state index in [1.165, 1.54) is 18.6 Å². The van der Waals surface area contributed by atoms with Crippen LogP contribution in [0.3, 0.4) is 0 Å². The Hall–Kier alpha value is -1.49. The Bertz CT molecular complexity index is 495. The standard InChI is InChI=1S/C13H18N4S/c1-18-7-3-2-6-17-10-15-9-12(17)11-4-5-16-13(14)8-11/h4-5,8-10H,2-3,6-7H2,1H3,(H2,14,16). The molecule has 0 unspecified atom stereocenters. The second-order valence-corrected chi connectivity index (χ2v) is 5.13. The van der Waals surface area contributed by atoms with Gasteiger partial charge in [-0.2, -0.15) is 11.8 Å². The molecule has 0 spiro atoms. The van der Waals surface area contributed by atoms with E-state index >= 15 is 0 Å². The summed E-state index contributed by atoms with van der Waals surface area (Å²) < 4.78 is 2.18. The van der Waals surface area contributed by atoms with Gasteiger partial charge in [0.1, 0.15) is 5.82 Å². The van der Waals surface area contributed by atoms with Crippen molar-refractivity contribution in [2.75, 3.05) is 17.7 Å². The monoisotopic (exact) mass is 262 g/mol. The molecule has 0 bridgehead atoms. The van der Waals surface area contributed by atoms with Crippen molar-refractivity contribution >= 4 is 17.6 Å². The van der Waals surface area contributed by atoms with Crippen LogP contribution in [0.15, 0.2) is 30.9 Å². The lowest BCUT2D eigenvalue weighted by atomic mass is 10.2. The molecule has 2 rings (SSSR count). The zero-order chi connectivity index (χ0) is 12.8. The van der Waals surface area contributed by atoms with Crippen LogP contribution in [0, 0.1) is 0 Å². The zero-order valence-electron chi connectivity index (χ0n) is 10.5. The van der Waals surface area contributed by atoms with Crippen molar-refractivity contribution < 1.29 is 0 Å². The van der Waals surface area contributed by atoms with E-state index in [0.717, 1.165) is 17.8 Å². The Kier molecular flexibility index (Phi) is 4.64. The Morgan fingerprint density at radius 2 is 2.28 bits per heavy atom. The number of nitrogens with two attached hydrogens (primary N) is 1. The van der Waals surface area contributed by atoms with Crippen LogP contribution in [0.1, 0.15) is 12.8 Å². The van der Waals surface area contributed by atoms with Gasteiger partial charge < -0.3 is 10.3 Å². The maximum Gasteiger partial charge on any atom is 0.123 e. The van der Waals surface area contributed by atoms with Crippen LogP contribution in [0.4, 0.5) is 5.82 Å². The molecule has 0 saturated carbocycles. The first-order chi connectivity index (χ1) is 8.81. The Balaban J connectivity index is 2.08. The summed E-state index contributed by atoms with van der Waals surface area (Å²) in [5, 5.41) is 0. The number of rotatable bonds is 6. The van der Waals surface area contributed by atoms with E-state index in [0.29, 0.717) is 5.82 Å². The highest BCUT2D eigenvalue weighted by Gasteiger charge is 2.05. The van der Waals surface area contributed by atoms with Gasteiger partial charge in [0.05, 0.1) is 18.2 Å². The van der Waals surface area contributed by atoms with Crippen molar-refractivity contribution in [2.24, 2.45) is 0 Å². The second-order valence-electron chi connectivity index (χ2n) is 4.14. The molecule has 4 nitrogen and oxygen atoms in total. The first-order valence-electron chi connectivity index (χ1n) is 6.02. The Labute approximate surface area is 112 Å². The van der Waals surface area contributed by atoms with Gasteiger partial charge in [0.25, 0.3) is 0 Å². The molecule has 0 amide bonds. The lowest BCUT2D eigenvalue weighted by molar-refractivity contribution is 0.639. The number of hydrogen-bond acceptors (Lipinski definition) is 4. The number of aryl methyl sites for hydroxylation is 1. The van der Waals surface area contributed by atoms with Gasteiger partial charge in [0, 0.05) is 18.3 Å². The summed E-state index contributed by atoms with van der Waals surface area (Å²) in [6.45, 7) is 0.998. The number of thioether (sulfide) groups is 1. The number of imidazole rings is 1. The van der Waals surface area contributed by atoms with Gasteiger partial charge in [0.15, 0.2) is 0 Å². The molecule has 2 aromatic heterocycles. The molecule has 2 aromatic rings.